The molecule has 6 nitrogen and oxygen atoms in total. The fourth-order valence-electron chi connectivity index (χ4n) is 2.67. The number of allylic oxidation sites excluding steroid dienone is 1. The van der Waals surface area contributed by atoms with Gasteiger partial charge in [-0.1, -0.05) is 11.6 Å². The van der Waals surface area contributed by atoms with Crippen LogP contribution in [0.4, 0.5) is 4.79 Å². The van der Waals surface area contributed by atoms with Gasteiger partial charge in [0.25, 0.3) is 0 Å². The van der Waals surface area contributed by atoms with Crippen LogP contribution in [0.25, 0.3) is 0 Å². The minimum absolute atomic E-state index is 0.0888. The van der Waals surface area contributed by atoms with Gasteiger partial charge < -0.3 is 20.4 Å². The van der Waals surface area contributed by atoms with Gasteiger partial charge in [0.15, 0.2) is 0 Å². The zero-order valence-corrected chi connectivity index (χ0v) is 10.8. The van der Waals surface area contributed by atoms with Gasteiger partial charge in [0, 0.05) is 19.5 Å². The quantitative estimate of drug-likeness (QED) is 0.655. The van der Waals surface area contributed by atoms with Crippen LogP contribution < -0.4 is 5.32 Å². The summed E-state index contributed by atoms with van der Waals surface area (Å²) in [6.45, 7) is 0.606. The number of nitrogens with zero attached hydrogens (tertiary/aromatic N) is 1. The molecule has 1 fully saturated rings. The molecule has 2 rings (SSSR count). The van der Waals surface area contributed by atoms with Crippen LogP contribution >= 0.6 is 0 Å². The van der Waals surface area contributed by atoms with Gasteiger partial charge in [-0.15, -0.1) is 0 Å². The van der Waals surface area contributed by atoms with Crippen molar-refractivity contribution < 1.29 is 19.8 Å². The third-order valence-electron chi connectivity index (χ3n) is 3.68. The van der Waals surface area contributed by atoms with E-state index in [2.05, 4.69) is 11.4 Å². The van der Waals surface area contributed by atoms with Crippen LogP contribution in [0.3, 0.4) is 0 Å². The number of carbonyl (C=O) groups excluding carboxylic acids is 1. The van der Waals surface area contributed by atoms with Crippen molar-refractivity contribution in [1.29, 1.82) is 0 Å². The zero-order chi connectivity index (χ0) is 13.8. The van der Waals surface area contributed by atoms with E-state index in [0.29, 0.717) is 6.54 Å². The lowest BCUT2D eigenvalue weighted by Gasteiger charge is -2.21. The molecule has 1 aliphatic carbocycles. The van der Waals surface area contributed by atoms with Gasteiger partial charge in [0.05, 0.1) is 6.10 Å². The standard InChI is InChI=1S/C13H20N2O4/c16-10-7-11(12(17)18)15(8-10)13(19)14-6-5-9-3-1-2-4-9/h3,10-11,16H,1-2,4-8H2,(H,14,19)(H,17,18)/t10-,11+/m1/s1. The fourth-order valence-corrected chi connectivity index (χ4v) is 2.67. The predicted octanol–water partition coefficient (Wildman–Crippen LogP) is 0.716. The molecule has 0 bridgehead atoms. The van der Waals surface area contributed by atoms with Crippen LogP contribution in [-0.2, 0) is 4.79 Å². The SMILES string of the molecule is O=C(O)[C@@H]1C[C@@H](O)CN1C(=O)NCCC1=CCCC1. The number of aliphatic hydroxyl groups is 1. The van der Waals surface area contributed by atoms with E-state index in [-0.39, 0.29) is 13.0 Å². The number of hydrogen-bond acceptors (Lipinski definition) is 3. The van der Waals surface area contributed by atoms with E-state index in [1.165, 1.54) is 16.9 Å². The first kappa shape index (κ1) is 13.9. The highest BCUT2D eigenvalue weighted by molar-refractivity contribution is 5.83. The number of amides is 2. The van der Waals surface area contributed by atoms with Crippen molar-refractivity contribution >= 4 is 12.0 Å². The molecule has 106 valence electrons. The monoisotopic (exact) mass is 268 g/mol. The van der Waals surface area contributed by atoms with Gasteiger partial charge in [-0.3, -0.25) is 0 Å². The second-order valence-corrected chi connectivity index (χ2v) is 5.13. The number of nitrogens with one attached hydrogen (secondary N) is 1. The molecule has 3 N–H and O–H groups in total. The Hall–Kier alpha value is -1.56. The van der Waals surface area contributed by atoms with Crippen LogP contribution in [0, 0.1) is 0 Å². The van der Waals surface area contributed by atoms with E-state index in [1.54, 1.807) is 0 Å². The first-order valence-electron chi connectivity index (χ1n) is 6.71. The van der Waals surface area contributed by atoms with Crippen LogP contribution in [0.1, 0.15) is 32.1 Å². The van der Waals surface area contributed by atoms with Crippen LogP contribution in [0.2, 0.25) is 0 Å². The van der Waals surface area contributed by atoms with E-state index in [9.17, 15) is 14.7 Å². The number of aliphatic carboxylic acids is 1. The summed E-state index contributed by atoms with van der Waals surface area (Å²) >= 11 is 0. The van der Waals surface area contributed by atoms with Crippen molar-refractivity contribution in [3.05, 3.63) is 11.6 Å². The Kier molecular flexibility index (Phi) is 4.42. The smallest absolute Gasteiger partial charge is 0.326 e. The van der Waals surface area contributed by atoms with Crippen molar-refractivity contribution in [1.82, 2.24) is 10.2 Å². The average molecular weight is 268 g/mol. The number of likely N-dealkylation sites (tertiary alicyclic amines) is 1. The molecule has 2 aliphatic rings. The van der Waals surface area contributed by atoms with Crippen molar-refractivity contribution in [2.75, 3.05) is 13.1 Å². The summed E-state index contributed by atoms with van der Waals surface area (Å²) in [5.41, 5.74) is 1.36. The molecule has 0 radical (unpaired) electrons. The molecular formula is C13H20N2O4. The average Bonchev–Trinajstić information content (AvgIpc) is 2.98. The summed E-state index contributed by atoms with van der Waals surface area (Å²) in [6, 6.07) is -1.32. The first-order chi connectivity index (χ1) is 9.08. The molecule has 0 aromatic rings. The second-order valence-electron chi connectivity index (χ2n) is 5.13. The number of urea groups is 1. The maximum Gasteiger partial charge on any atom is 0.326 e. The third kappa shape index (κ3) is 3.47. The second kappa shape index (κ2) is 6.06. The molecule has 1 heterocycles. The summed E-state index contributed by atoms with van der Waals surface area (Å²) in [5, 5.41) is 21.2. The van der Waals surface area contributed by atoms with Gasteiger partial charge in [0.2, 0.25) is 0 Å². The zero-order valence-electron chi connectivity index (χ0n) is 10.8. The molecular weight excluding hydrogens is 248 g/mol. The predicted molar refractivity (Wildman–Crippen MR) is 68.7 cm³/mol. The maximum atomic E-state index is 11.9. The Labute approximate surface area is 112 Å². The van der Waals surface area contributed by atoms with Crippen LogP contribution in [-0.4, -0.2) is 52.3 Å². The van der Waals surface area contributed by atoms with Gasteiger partial charge in [-0.25, -0.2) is 9.59 Å². The van der Waals surface area contributed by atoms with Gasteiger partial charge >= 0.3 is 12.0 Å². The molecule has 2 atom stereocenters. The number of carboxylic acids is 1. The van der Waals surface area contributed by atoms with Crippen LogP contribution in [0.5, 0.6) is 0 Å². The number of rotatable bonds is 4. The van der Waals surface area contributed by atoms with Gasteiger partial charge in [-0.2, -0.15) is 0 Å². The summed E-state index contributed by atoms with van der Waals surface area (Å²) in [6.07, 6.45) is 5.77. The Balaban J connectivity index is 1.79. The molecule has 1 saturated heterocycles. The molecule has 0 unspecified atom stereocenters. The molecule has 0 saturated carbocycles. The van der Waals surface area contributed by atoms with E-state index < -0.39 is 24.1 Å². The number of aliphatic hydroxyl groups excluding tert-OH is 1. The largest absolute Gasteiger partial charge is 0.480 e. The topological polar surface area (TPSA) is 89.9 Å². The molecule has 6 heteroatoms. The minimum atomic E-state index is -1.06. The molecule has 0 aromatic heterocycles. The number of hydrogen-bond donors (Lipinski definition) is 3. The van der Waals surface area contributed by atoms with Crippen molar-refractivity contribution in [3.8, 4) is 0 Å². The summed E-state index contributed by atoms with van der Waals surface area (Å²) in [4.78, 5) is 24.1. The molecule has 1 aliphatic heterocycles. The highest BCUT2D eigenvalue weighted by atomic mass is 16.4. The van der Waals surface area contributed by atoms with E-state index in [0.717, 1.165) is 19.3 Å². The van der Waals surface area contributed by atoms with Gasteiger partial charge in [0.1, 0.15) is 6.04 Å². The van der Waals surface area contributed by atoms with E-state index >= 15 is 0 Å². The molecule has 19 heavy (non-hydrogen) atoms. The highest BCUT2D eigenvalue weighted by Gasteiger charge is 2.38. The molecule has 0 aromatic carbocycles. The summed E-state index contributed by atoms with van der Waals surface area (Å²) < 4.78 is 0. The van der Waals surface area contributed by atoms with Crippen molar-refractivity contribution in [2.45, 2.75) is 44.2 Å². The third-order valence-corrected chi connectivity index (χ3v) is 3.68. The minimum Gasteiger partial charge on any atom is -0.480 e. The normalized spacial score (nSPS) is 26.4. The Morgan fingerprint density at radius 1 is 1.47 bits per heavy atom. The van der Waals surface area contributed by atoms with E-state index in [4.69, 9.17) is 5.11 Å². The van der Waals surface area contributed by atoms with Gasteiger partial charge in [-0.05, 0) is 25.7 Å². The maximum absolute atomic E-state index is 11.9. The summed E-state index contributed by atoms with van der Waals surface area (Å²) in [7, 11) is 0. The number of carboxylic acid groups (broad SMARTS) is 1. The Morgan fingerprint density at radius 3 is 2.89 bits per heavy atom. The van der Waals surface area contributed by atoms with Crippen LogP contribution in [0.15, 0.2) is 11.6 Å². The lowest BCUT2D eigenvalue weighted by Crippen LogP contribution is -2.46. The molecule has 2 amide bonds. The Bertz CT molecular complexity index is 394. The summed E-state index contributed by atoms with van der Waals surface area (Å²) in [5.74, 6) is -1.06. The number of carbonyl (C=O) groups is 2. The first-order valence-corrected chi connectivity index (χ1v) is 6.71. The Morgan fingerprint density at radius 2 is 2.26 bits per heavy atom. The van der Waals surface area contributed by atoms with E-state index in [1.807, 2.05) is 0 Å². The fraction of sp³-hybridized carbons (Fsp3) is 0.692. The number of β-amino-alcohol motifs (C(OH)–C–C–N with tert-alkyl or cyclic N) is 1. The molecule has 0 spiro atoms. The highest BCUT2D eigenvalue weighted by Crippen LogP contribution is 2.20. The van der Waals surface area contributed by atoms with Crippen molar-refractivity contribution in [3.63, 3.8) is 0 Å². The lowest BCUT2D eigenvalue weighted by molar-refractivity contribution is -0.141. The lowest BCUT2D eigenvalue weighted by atomic mass is 10.2. The van der Waals surface area contributed by atoms with Crippen molar-refractivity contribution in [2.24, 2.45) is 0 Å².